The van der Waals surface area contributed by atoms with Crippen molar-refractivity contribution in [1.82, 2.24) is 4.57 Å². The van der Waals surface area contributed by atoms with Crippen LogP contribution in [0.5, 0.6) is 0 Å². The predicted octanol–water partition coefficient (Wildman–Crippen LogP) is 2.37. The van der Waals surface area contributed by atoms with Crippen LogP contribution in [0.25, 0.3) is 10.9 Å². The SMILES string of the molecule is Cn1ccc2cccc(C(C)(C)N)c21. The van der Waals surface area contributed by atoms with Gasteiger partial charge in [0.1, 0.15) is 0 Å². The molecule has 2 N–H and O–H groups in total. The molecule has 2 heteroatoms. The molecule has 0 radical (unpaired) electrons. The Morgan fingerprint density at radius 2 is 1.93 bits per heavy atom. The van der Waals surface area contributed by atoms with Crippen molar-refractivity contribution >= 4 is 10.9 Å². The molecule has 2 nitrogen and oxygen atoms in total. The molecule has 0 saturated carbocycles. The smallest absolute Gasteiger partial charge is 0.0528 e. The predicted molar refractivity (Wildman–Crippen MR) is 60.1 cm³/mol. The molecule has 74 valence electrons. The lowest BCUT2D eigenvalue weighted by Crippen LogP contribution is -2.29. The molecular weight excluding hydrogens is 172 g/mol. The first kappa shape index (κ1) is 9.28. The fourth-order valence-corrected chi connectivity index (χ4v) is 1.88. The quantitative estimate of drug-likeness (QED) is 0.731. The zero-order valence-corrected chi connectivity index (χ0v) is 8.91. The van der Waals surface area contributed by atoms with Gasteiger partial charge in [-0.2, -0.15) is 0 Å². The van der Waals surface area contributed by atoms with E-state index in [1.54, 1.807) is 0 Å². The third-order valence-corrected chi connectivity index (χ3v) is 2.59. The number of nitrogens with zero attached hydrogens (tertiary/aromatic N) is 1. The fourth-order valence-electron chi connectivity index (χ4n) is 1.88. The maximum absolute atomic E-state index is 6.14. The summed E-state index contributed by atoms with van der Waals surface area (Å²) in [6.07, 6.45) is 2.07. The summed E-state index contributed by atoms with van der Waals surface area (Å²) in [4.78, 5) is 0. The van der Waals surface area contributed by atoms with Gasteiger partial charge in [-0.25, -0.2) is 0 Å². The standard InChI is InChI=1S/C12H16N2/c1-12(2,13)10-6-4-5-9-7-8-14(3)11(9)10/h4-8H,13H2,1-3H3. The summed E-state index contributed by atoms with van der Waals surface area (Å²) >= 11 is 0. The third-order valence-electron chi connectivity index (χ3n) is 2.59. The average molecular weight is 188 g/mol. The first-order chi connectivity index (χ1) is 6.50. The number of rotatable bonds is 1. The molecule has 0 saturated heterocycles. The molecule has 0 amide bonds. The van der Waals surface area contributed by atoms with Crippen LogP contribution in [0.2, 0.25) is 0 Å². The van der Waals surface area contributed by atoms with Gasteiger partial charge in [0.2, 0.25) is 0 Å². The summed E-state index contributed by atoms with van der Waals surface area (Å²) in [6.45, 7) is 4.07. The Morgan fingerprint density at radius 1 is 1.21 bits per heavy atom. The van der Waals surface area contributed by atoms with E-state index in [0.717, 1.165) is 0 Å². The zero-order chi connectivity index (χ0) is 10.3. The van der Waals surface area contributed by atoms with Crippen LogP contribution in [0.3, 0.4) is 0 Å². The molecule has 0 aliphatic rings. The van der Waals surface area contributed by atoms with E-state index in [1.807, 2.05) is 13.8 Å². The van der Waals surface area contributed by atoms with Crippen LogP contribution in [0.4, 0.5) is 0 Å². The molecule has 0 aliphatic carbocycles. The molecule has 1 aromatic carbocycles. The minimum atomic E-state index is -0.286. The van der Waals surface area contributed by atoms with Crippen molar-refractivity contribution in [2.75, 3.05) is 0 Å². The van der Waals surface area contributed by atoms with Gasteiger partial charge >= 0.3 is 0 Å². The van der Waals surface area contributed by atoms with E-state index in [-0.39, 0.29) is 5.54 Å². The van der Waals surface area contributed by atoms with Crippen molar-refractivity contribution < 1.29 is 0 Å². The summed E-state index contributed by atoms with van der Waals surface area (Å²) < 4.78 is 2.12. The minimum Gasteiger partial charge on any atom is -0.350 e. The van der Waals surface area contributed by atoms with Crippen molar-refractivity contribution in [3.63, 3.8) is 0 Å². The lowest BCUT2D eigenvalue weighted by atomic mass is 9.94. The number of aryl methyl sites for hydroxylation is 1. The topological polar surface area (TPSA) is 30.9 Å². The van der Waals surface area contributed by atoms with E-state index in [4.69, 9.17) is 5.73 Å². The molecule has 1 aromatic heterocycles. The molecule has 0 bridgehead atoms. The van der Waals surface area contributed by atoms with Crippen LogP contribution in [-0.4, -0.2) is 4.57 Å². The van der Waals surface area contributed by atoms with Crippen LogP contribution in [-0.2, 0) is 12.6 Å². The van der Waals surface area contributed by atoms with Crippen molar-refractivity contribution in [2.24, 2.45) is 12.8 Å². The number of hydrogen-bond acceptors (Lipinski definition) is 1. The molecular formula is C12H16N2. The Bertz CT molecular complexity index is 461. The van der Waals surface area contributed by atoms with Gasteiger partial charge in [0, 0.05) is 18.8 Å². The maximum atomic E-state index is 6.14. The summed E-state index contributed by atoms with van der Waals surface area (Å²) in [5.74, 6) is 0. The Hall–Kier alpha value is -1.28. The normalized spacial score (nSPS) is 12.3. The number of para-hydroxylation sites is 1. The molecule has 0 atom stereocenters. The van der Waals surface area contributed by atoms with Gasteiger partial charge in [0.05, 0.1) is 5.52 Å². The molecule has 1 heterocycles. The Balaban J connectivity index is 2.82. The number of hydrogen-bond donors (Lipinski definition) is 1. The van der Waals surface area contributed by atoms with Gasteiger partial charge in [-0.05, 0) is 30.9 Å². The summed E-state index contributed by atoms with van der Waals surface area (Å²) in [6, 6.07) is 8.39. The van der Waals surface area contributed by atoms with Crippen molar-refractivity contribution in [3.8, 4) is 0 Å². The molecule has 0 spiro atoms. The number of fused-ring (bicyclic) bond motifs is 1. The Kier molecular flexibility index (Phi) is 1.89. The lowest BCUT2D eigenvalue weighted by Gasteiger charge is -2.21. The Morgan fingerprint density at radius 3 is 2.57 bits per heavy atom. The molecule has 0 fully saturated rings. The second kappa shape index (κ2) is 2.85. The van der Waals surface area contributed by atoms with Crippen molar-refractivity contribution in [3.05, 3.63) is 36.0 Å². The van der Waals surface area contributed by atoms with E-state index >= 15 is 0 Å². The van der Waals surface area contributed by atoms with E-state index in [1.165, 1.54) is 16.5 Å². The fraction of sp³-hybridized carbons (Fsp3) is 0.333. The maximum Gasteiger partial charge on any atom is 0.0528 e. The van der Waals surface area contributed by atoms with Crippen LogP contribution in [0.15, 0.2) is 30.5 Å². The first-order valence-electron chi connectivity index (χ1n) is 4.83. The van der Waals surface area contributed by atoms with Gasteiger partial charge < -0.3 is 10.3 Å². The van der Waals surface area contributed by atoms with Crippen molar-refractivity contribution in [2.45, 2.75) is 19.4 Å². The highest BCUT2D eigenvalue weighted by Crippen LogP contribution is 2.26. The number of nitrogens with two attached hydrogens (primary N) is 1. The average Bonchev–Trinajstić information content (AvgIpc) is 2.46. The molecule has 0 unspecified atom stereocenters. The minimum absolute atomic E-state index is 0.286. The molecule has 0 aliphatic heterocycles. The van der Waals surface area contributed by atoms with Crippen LogP contribution in [0, 0.1) is 0 Å². The van der Waals surface area contributed by atoms with Gasteiger partial charge in [0.15, 0.2) is 0 Å². The molecule has 14 heavy (non-hydrogen) atoms. The highest BCUT2D eigenvalue weighted by molar-refractivity contribution is 5.84. The monoisotopic (exact) mass is 188 g/mol. The van der Waals surface area contributed by atoms with Crippen LogP contribution >= 0.6 is 0 Å². The van der Waals surface area contributed by atoms with Gasteiger partial charge in [0.25, 0.3) is 0 Å². The third kappa shape index (κ3) is 1.32. The Labute approximate surface area is 84.3 Å². The van der Waals surface area contributed by atoms with E-state index in [2.05, 4.69) is 42.1 Å². The van der Waals surface area contributed by atoms with Crippen molar-refractivity contribution in [1.29, 1.82) is 0 Å². The number of aromatic nitrogens is 1. The van der Waals surface area contributed by atoms with Gasteiger partial charge in [-0.15, -0.1) is 0 Å². The van der Waals surface area contributed by atoms with Crippen LogP contribution < -0.4 is 5.73 Å². The van der Waals surface area contributed by atoms with Gasteiger partial charge in [-0.3, -0.25) is 0 Å². The largest absolute Gasteiger partial charge is 0.350 e. The summed E-state index contributed by atoms with van der Waals surface area (Å²) in [5, 5.41) is 1.25. The lowest BCUT2D eigenvalue weighted by molar-refractivity contribution is 0.557. The first-order valence-corrected chi connectivity index (χ1v) is 4.83. The summed E-state index contributed by atoms with van der Waals surface area (Å²) in [7, 11) is 2.05. The highest BCUT2D eigenvalue weighted by atomic mass is 14.9. The van der Waals surface area contributed by atoms with Gasteiger partial charge in [-0.1, -0.05) is 18.2 Å². The summed E-state index contributed by atoms with van der Waals surface area (Å²) in [5.41, 5.74) is 8.28. The van der Waals surface area contributed by atoms with E-state index < -0.39 is 0 Å². The second-order valence-corrected chi connectivity index (χ2v) is 4.39. The molecule has 2 aromatic rings. The van der Waals surface area contributed by atoms with E-state index in [9.17, 15) is 0 Å². The highest BCUT2D eigenvalue weighted by Gasteiger charge is 2.18. The number of benzene rings is 1. The molecule has 2 rings (SSSR count). The van der Waals surface area contributed by atoms with Crippen LogP contribution in [0.1, 0.15) is 19.4 Å². The van der Waals surface area contributed by atoms with E-state index in [0.29, 0.717) is 0 Å². The second-order valence-electron chi connectivity index (χ2n) is 4.39. The zero-order valence-electron chi connectivity index (χ0n) is 8.91.